The Morgan fingerprint density at radius 3 is 1.91 bits per heavy atom. The zero-order chi connectivity index (χ0) is 8.65. The van der Waals surface area contributed by atoms with Crippen molar-refractivity contribution in [1.82, 2.24) is 0 Å². The van der Waals surface area contributed by atoms with E-state index in [-0.39, 0.29) is 5.41 Å². The highest BCUT2D eigenvalue weighted by molar-refractivity contribution is 5.99. The molecular formula is C10H16O. The molecule has 0 amide bonds. The molecule has 1 rings (SSSR count). The summed E-state index contributed by atoms with van der Waals surface area (Å²) in [6, 6.07) is 0. The lowest BCUT2D eigenvalue weighted by Gasteiger charge is -2.20. The summed E-state index contributed by atoms with van der Waals surface area (Å²) in [6.45, 7) is 8.39. The molecule has 0 aromatic heterocycles. The summed E-state index contributed by atoms with van der Waals surface area (Å²) < 4.78 is 0. The second-order valence-corrected chi connectivity index (χ2v) is 4.33. The average Bonchev–Trinajstić information content (AvgIpc) is 2.08. The quantitative estimate of drug-likeness (QED) is 0.521. The van der Waals surface area contributed by atoms with Gasteiger partial charge in [0.15, 0.2) is 5.78 Å². The van der Waals surface area contributed by atoms with Crippen LogP contribution in [0.25, 0.3) is 0 Å². The molecule has 11 heavy (non-hydrogen) atoms. The predicted molar refractivity (Wildman–Crippen MR) is 46.4 cm³/mol. The van der Waals surface area contributed by atoms with E-state index in [1.807, 2.05) is 0 Å². The van der Waals surface area contributed by atoms with Gasteiger partial charge in [0.2, 0.25) is 0 Å². The van der Waals surface area contributed by atoms with Crippen molar-refractivity contribution in [3.05, 3.63) is 11.1 Å². The number of carbonyl (C=O) groups is 1. The van der Waals surface area contributed by atoms with E-state index in [1.165, 1.54) is 5.57 Å². The molecule has 62 valence electrons. The number of carbonyl (C=O) groups excluding carboxylic acids is 1. The van der Waals surface area contributed by atoms with E-state index in [1.54, 1.807) is 0 Å². The second-order valence-electron chi connectivity index (χ2n) is 4.33. The van der Waals surface area contributed by atoms with Crippen LogP contribution in [0.3, 0.4) is 0 Å². The minimum atomic E-state index is 0.0532. The molecule has 0 aliphatic heterocycles. The SMILES string of the molecule is CC1=C(C(C)(C)C)C(=O)CC1. The Kier molecular flexibility index (Phi) is 1.91. The normalized spacial score (nSPS) is 19.8. The zero-order valence-corrected chi connectivity index (χ0v) is 7.82. The molecular weight excluding hydrogens is 136 g/mol. The Bertz CT molecular complexity index is 216. The Balaban J connectivity index is 3.02. The number of rotatable bonds is 0. The Labute approximate surface area is 68.5 Å². The van der Waals surface area contributed by atoms with Crippen LogP contribution in [0.4, 0.5) is 0 Å². The zero-order valence-electron chi connectivity index (χ0n) is 7.82. The van der Waals surface area contributed by atoms with Gasteiger partial charge in [-0.05, 0) is 24.3 Å². The summed E-state index contributed by atoms with van der Waals surface area (Å²) in [5.41, 5.74) is 2.41. The van der Waals surface area contributed by atoms with Crippen LogP contribution in [0.15, 0.2) is 11.1 Å². The molecule has 0 heterocycles. The number of allylic oxidation sites excluding steroid dienone is 2. The van der Waals surface area contributed by atoms with E-state index in [0.717, 1.165) is 18.4 Å². The fourth-order valence-corrected chi connectivity index (χ4v) is 1.85. The lowest BCUT2D eigenvalue weighted by molar-refractivity contribution is -0.115. The maximum Gasteiger partial charge on any atom is 0.159 e. The summed E-state index contributed by atoms with van der Waals surface area (Å²) in [7, 11) is 0. The molecule has 0 unspecified atom stereocenters. The number of ketones is 1. The van der Waals surface area contributed by atoms with Crippen molar-refractivity contribution in [3.8, 4) is 0 Å². The van der Waals surface area contributed by atoms with Crippen molar-refractivity contribution in [2.45, 2.75) is 40.5 Å². The van der Waals surface area contributed by atoms with Gasteiger partial charge in [0.05, 0.1) is 0 Å². The summed E-state index contributed by atoms with van der Waals surface area (Å²) >= 11 is 0. The van der Waals surface area contributed by atoms with Gasteiger partial charge < -0.3 is 0 Å². The van der Waals surface area contributed by atoms with Crippen LogP contribution in [0.1, 0.15) is 40.5 Å². The van der Waals surface area contributed by atoms with Crippen molar-refractivity contribution >= 4 is 5.78 Å². The van der Waals surface area contributed by atoms with Crippen molar-refractivity contribution in [2.75, 3.05) is 0 Å². The van der Waals surface area contributed by atoms with Crippen LogP contribution in [-0.2, 0) is 4.79 Å². The molecule has 0 saturated carbocycles. The third-order valence-corrected chi connectivity index (χ3v) is 2.18. The molecule has 0 bridgehead atoms. The van der Waals surface area contributed by atoms with Gasteiger partial charge in [-0.25, -0.2) is 0 Å². The van der Waals surface area contributed by atoms with Gasteiger partial charge in [-0.3, -0.25) is 4.79 Å². The van der Waals surface area contributed by atoms with Gasteiger partial charge in [0.25, 0.3) is 0 Å². The van der Waals surface area contributed by atoms with Crippen LogP contribution >= 0.6 is 0 Å². The maximum atomic E-state index is 11.4. The molecule has 0 atom stereocenters. The summed E-state index contributed by atoms with van der Waals surface area (Å²) in [4.78, 5) is 11.4. The monoisotopic (exact) mass is 152 g/mol. The smallest absolute Gasteiger partial charge is 0.159 e. The van der Waals surface area contributed by atoms with E-state index < -0.39 is 0 Å². The van der Waals surface area contributed by atoms with Crippen LogP contribution < -0.4 is 0 Å². The maximum absolute atomic E-state index is 11.4. The summed E-state index contributed by atoms with van der Waals surface area (Å²) in [5.74, 6) is 0.356. The second kappa shape index (κ2) is 2.47. The lowest BCUT2D eigenvalue weighted by Crippen LogP contribution is -2.15. The molecule has 0 saturated heterocycles. The first-order valence-corrected chi connectivity index (χ1v) is 4.16. The van der Waals surface area contributed by atoms with Crippen LogP contribution in [-0.4, -0.2) is 5.78 Å². The van der Waals surface area contributed by atoms with E-state index in [4.69, 9.17) is 0 Å². The predicted octanol–water partition coefficient (Wildman–Crippen LogP) is 2.71. The van der Waals surface area contributed by atoms with Gasteiger partial charge in [0.1, 0.15) is 0 Å². The fourth-order valence-electron chi connectivity index (χ4n) is 1.85. The highest BCUT2D eigenvalue weighted by Gasteiger charge is 2.29. The Hall–Kier alpha value is -0.590. The topological polar surface area (TPSA) is 17.1 Å². The standard InChI is InChI=1S/C10H16O/c1-7-5-6-8(11)9(7)10(2,3)4/h5-6H2,1-4H3. The van der Waals surface area contributed by atoms with E-state index in [0.29, 0.717) is 5.78 Å². The lowest BCUT2D eigenvalue weighted by atomic mass is 9.84. The van der Waals surface area contributed by atoms with E-state index in [2.05, 4.69) is 27.7 Å². The van der Waals surface area contributed by atoms with Crippen molar-refractivity contribution in [1.29, 1.82) is 0 Å². The van der Waals surface area contributed by atoms with Crippen LogP contribution in [0.5, 0.6) is 0 Å². The number of hydrogen-bond acceptors (Lipinski definition) is 1. The molecule has 1 aliphatic rings. The Morgan fingerprint density at radius 2 is 1.73 bits per heavy atom. The molecule has 0 aromatic rings. The van der Waals surface area contributed by atoms with Gasteiger partial charge >= 0.3 is 0 Å². The summed E-state index contributed by atoms with van der Waals surface area (Å²) in [5, 5.41) is 0. The first kappa shape index (κ1) is 8.51. The molecule has 1 nitrogen and oxygen atoms in total. The van der Waals surface area contributed by atoms with Gasteiger partial charge in [-0.15, -0.1) is 0 Å². The first-order valence-electron chi connectivity index (χ1n) is 4.16. The average molecular weight is 152 g/mol. The first-order chi connectivity index (χ1) is 4.93. The van der Waals surface area contributed by atoms with Crippen LogP contribution in [0, 0.1) is 5.41 Å². The molecule has 0 radical (unpaired) electrons. The third kappa shape index (κ3) is 1.52. The van der Waals surface area contributed by atoms with Crippen molar-refractivity contribution < 1.29 is 4.79 Å². The molecule has 0 N–H and O–H groups in total. The largest absolute Gasteiger partial charge is 0.295 e. The molecule has 1 aliphatic carbocycles. The number of Topliss-reactive ketones (excluding diaryl/α,β-unsaturated/α-hetero) is 1. The molecule has 1 heteroatoms. The minimum absolute atomic E-state index is 0.0532. The third-order valence-electron chi connectivity index (χ3n) is 2.18. The highest BCUT2D eigenvalue weighted by atomic mass is 16.1. The fraction of sp³-hybridized carbons (Fsp3) is 0.700. The molecule has 0 aromatic carbocycles. The Morgan fingerprint density at radius 1 is 1.18 bits per heavy atom. The molecule has 0 spiro atoms. The van der Waals surface area contributed by atoms with Crippen LogP contribution in [0.2, 0.25) is 0 Å². The molecule has 0 fully saturated rings. The highest BCUT2D eigenvalue weighted by Crippen LogP contribution is 2.35. The van der Waals surface area contributed by atoms with Crippen molar-refractivity contribution in [3.63, 3.8) is 0 Å². The minimum Gasteiger partial charge on any atom is -0.295 e. The summed E-state index contributed by atoms with van der Waals surface area (Å²) in [6.07, 6.45) is 1.71. The van der Waals surface area contributed by atoms with Crippen molar-refractivity contribution in [2.24, 2.45) is 5.41 Å². The van der Waals surface area contributed by atoms with E-state index >= 15 is 0 Å². The van der Waals surface area contributed by atoms with E-state index in [9.17, 15) is 4.79 Å². The van der Waals surface area contributed by atoms with Gasteiger partial charge in [-0.1, -0.05) is 26.3 Å². The number of hydrogen-bond donors (Lipinski definition) is 0. The van der Waals surface area contributed by atoms with Gasteiger partial charge in [-0.2, -0.15) is 0 Å². The van der Waals surface area contributed by atoms with Gasteiger partial charge in [0, 0.05) is 6.42 Å².